The summed E-state index contributed by atoms with van der Waals surface area (Å²) in [5.74, 6) is 0.669. The van der Waals surface area contributed by atoms with E-state index < -0.39 is 6.10 Å². The zero-order valence-electron chi connectivity index (χ0n) is 10.0. The summed E-state index contributed by atoms with van der Waals surface area (Å²) in [5, 5.41) is 10.4. The van der Waals surface area contributed by atoms with Crippen molar-refractivity contribution in [2.75, 3.05) is 0 Å². The van der Waals surface area contributed by atoms with Crippen LogP contribution in [-0.2, 0) is 0 Å². The van der Waals surface area contributed by atoms with Crippen molar-refractivity contribution in [3.63, 3.8) is 0 Å². The van der Waals surface area contributed by atoms with Gasteiger partial charge in [-0.05, 0) is 25.1 Å². The molecule has 6 heteroatoms. The van der Waals surface area contributed by atoms with Crippen molar-refractivity contribution in [3.05, 3.63) is 56.3 Å². The van der Waals surface area contributed by atoms with Crippen molar-refractivity contribution in [1.82, 2.24) is 9.97 Å². The highest BCUT2D eigenvalue weighted by Gasteiger charge is 2.18. The number of furan rings is 1. The minimum Gasteiger partial charge on any atom is -0.469 e. The van der Waals surface area contributed by atoms with Crippen molar-refractivity contribution in [3.8, 4) is 0 Å². The maximum atomic E-state index is 11.3. The molecule has 0 aliphatic heterocycles. The molecule has 19 heavy (non-hydrogen) atoms. The van der Waals surface area contributed by atoms with E-state index in [9.17, 15) is 9.90 Å². The lowest BCUT2D eigenvalue weighted by Gasteiger charge is -2.12. The van der Waals surface area contributed by atoms with Crippen LogP contribution in [0.5, 0.6) is 0 Å². The fraction of sp³-hybridized carbons (Fsp3) is 0.154. The van der Waals surface area contributed by atoms with Crippen molar-refractivity contribution < 1.29 is 9.52 Å². The van der Waals surface area contributed by atoms with Crippen molar-refractivity contribution in [2.45, 2.75) is 13.0 Å². The molecule has 0 saturated carbocycles. The lowest BCUT2D eigenvalue weighted by Crippen LogP contribution is -2.01. The number of aromatic nitrogens is 2. The monoisotopic (exact) mass is 322 g/mol. The number of hydrogen-bond donors (Lipinski definition) is 3. The van der Waals surface area contributed by atoms with Crippen LogP contribution in [0.3, 0.4) is 0 Å². The fourth-order valence-corrected chi connectivity index (χ4v) is 2.69. The summed E-state index contributed by atoms with van der Waals surface area (Å²) in [7, 11) is 0. The molecule has 0 spiro atoms. The highest BCUT2D eigenvalue weighted by Crippen LogP contribution is 2.32. The van der Waals surface area contributed by atoms with Gasteiger partial charge in [0, 0.05) is 15.6 Å². The van der Waals surface area contributed by atoms with Crippen LogP contribution in [0.1, 0.15) is 23.0 Å². The van der Waals surface area contributed by atoms with Gasteiger partial charge in [0.25, 0.3) is 0 Å². The summed E-state index contributed by atoms with van der Waals surface area (Å²) >= 11 is 3.41. The molecule has 0 aliphatic rings. The van der Waals surface area contributed by atoms with Gasteiger partial charge in [0.15, 0.2) is 0 Å². The van der Waals surface area contributed by atoms with Crippen LogP contribution in [0.2, 0.25) is 0 Å². The number of rotatable bonds is 2. The number of halogens is 1. The Morgan fingerprint density at radius 3 is 2.58 bits per heavy atom. The molecular weight excluding hydrogens is 312 g/mol. The van der Waals surface area contributed by atoms with Gasteiger partial charge in [-0.2, -0.15) is 0 Å². The summed E-state index contributed by atoms with van der Waals surface area (Å²) < 4.78 is 5.92. The van der Waals surface area contributed by atoms with E-state index in [1.165, 1.54) is 0 Å². The van der Waals surface area contributed by atoms with Gasteiger partial charge in [0.2, 0.25) is 0 Å². The maximum absolute atomic E-state index is 11.3. The molecule has 2 aromatic heterocycles. The van der Waals surface area contributed by atoms with Crippen LogP contribution in [0.25, 0.3) is 11.0 Å². The van der Waals surface area contributed by atoms with Crippen molar-refractivity contribution >= 4 is 27.0 Å². The predicted molar refractivity (Wildman–Crippen MR) is 74.1 cm³/mol. The quantitative estimate of drug-likeness (QED) is 0.678. The van der Waals surface area contributed by atoms with Crippen molar-refractivity contribution in [2.24, 2.45) is 0 Å². The number of fused-ring (bicyclic) bond motifs is 1. The summed E-state index contributed by atoms with van der Waals surface area (Å²) in [6.07, 6.45) is 0.731. The maximum Gasteiger partial charge on any atom is 0.323 e. The topological polar surface area (TPSA) is 82.0 Å². The Hall–Kier alpha value is -1.79. The largest absolute Gasteiger partial charge is 0.469 e. The number of aliphatic hydroxyl groups is 1. The van der Waals surface area contributed by atoms with E-state index in [0.29, 0.717) is 27.9 Å². The summed E-state index contributed by atoms with van der Waals surface area (Å²) in [4.78, 5) is 16.6. The number of benzene rings is 1. The Morgan fingerprint density at radius 1 is 1.26 bits per heavy atom. The van der Waals surface area contributed by atoms with Gasteiger partial charge in [-0.15, -0.1) is 0 Å². The van der Waals surface area contributed by atoms with Crippen LogP contribution in [0, 0.1) is 6.92 Å². The molecule has 3 rings (SSSR count). The van der Waals surface area contributed by atoms with Crippen molar-refractivity contribution in [1.29, 1.82) is 0 Å². The van der Waals surface area contributed by atoms with E-state index in [0.717, 1.165) is 4.47 Å². The molecule has 1 unspecified atom stereocenters. The first-order chi connectivity index (χ1) is 9.06. The highest BCUT2D eigenvalue weighted by atomic mass is 79.9. The van der Waals surface area contributed by atoms with Gasteiger partial charge in [-0.1, -0.05) is 15.9 Å². The van der Waals surface area contributed by atoms with Gasteiger partial charge in [-0.3, -0.25) is 0 Å². The molecule has 0 aliphatic carbocycles. The Morgan fingerprint density at radius 2 is 1.95 bits per heavy atom. The first-order valence-corrected chi connectivity index (χ1v) is 6.49. The van der Waals surface area contributed by atoms with E-state index in [-0.39, 0.29) is 5.69 Å². The van der Waals surface area contributed by atoms with E-state index in [1.807, 2.05) is 0 Å². The zero-order chi connectivity index (χ0) is 13.6. The lowest BCUT2D eigenvalue weighted by molar-refractivity contribution is 0.217. The van der Waals surface area contributed by atoms with Gasteiger partial charge < -0.3 is 19.5 Å². The molecule has 0 amide bonds. The number of hydrogen-bond acceptors (Lipinski definition) is 3. The molecule has 1 atom stereocenters. The third-order valence-corrected chi connectivity index (χ3v) is 3.81. The van der Waals surface area contributed by atoms with E-state index in [4.69, 9.17) is 4.42 Å². The van der Waals surface area contributed by atoms with Gasteiger partial charge in [0.05, 0.1) is 17.3 Å². The Balaban J connectivity index is 2.16. The minimum absolute atomic E-state index is 0.270. The van der Waals surface area contributed by atoms with Gasteiger partial charge >= 0.3 is 5.69 Å². The molecule has 0 fully saturated rings. The molecule has 98 valence electrons. The van der Waals surface area contributed by atoms with Gasteiger partial charge in [0.1, 0.15) is 11.9 Å². The van der Waals surface area contributed by atoms with E-state index >= 15 is 0 Å². The summed E-state index contributed by atoms with van der Waals surface area (Å²) in [6.45, 7) is 1.79. The molecule has 0 saturated heterocycles. The average molecular weight is 323 g/mol. The molecule has 3 N–H and O–H groups in total. The van der Waals surface area contributed by atoms with Crippen LogP contribution in [0.4, 0.5) is 0 Å². The third kappa shape index (κ3) is 2.02. The average Bonchev–Trinajstić information content (AvgIpc) is 2.92. The Kier molecular flexibility index (Phi) is 2.83. The number of nitrogens with one attached hydrogen (secondary N) is 2. The molecule has 2 heterocycles. The lowest BCUT2D eigenvalue weighted by atomic mass is 10.0. The standard InChI is InChI=1S/C13H11BrN2O3/c1-6-7(2-3-19-6)12(17)8-4-10-11(5-9(8)14)16-13(18)15-10/h2-5,12,17H,1H3,(H2,15,16,18). The SMILES string of the molecule is Cc1occc1C(O)c1cc2[nH]c(=O)[nH]c2cc1Br. The number of aromatic amines is 2. The summed E-state index contributed by atoms with van der Waals surface area (Å²) in [5.41, 5.74) is 2.46. The van der Waals surface area contributed by atoms with Crippen LogP contribution in [0.15, 0.2) is 38.1 Å². The third-order valence-electron chi connectivity index (χ3n) is 3.12. The van der Waals surface area contributed by atoms with E-state index in [2.05, 4.69) is 25.9 Å². The molecule has 5 nitrogen and oxygen atoms in total. The fourth-order valence-electron chi connectivity index (χ4n) is 2.13. The normalized spacial score (nSPS) is 13.0. The summed E-state index contributed by atoms with van der Waals surface area (Å²) in [6, 6.07) is 5.24. The smallest absolute Gasteiger partial charge is 0.323 e. The molecular formula is C13H11BrN2O3. The van der Waals surface area contributed by atoms with Gasteiger partial charge in [-0.25, -0.2) is 4.79 Å². The molecule has 0 radical (unpaired) electrons. The number of aliphatic hydroxyl groups excluding tert-OH is 1. The predicted octanol–water partition coefficient (Wildman–Crippen LogP) is 2.60. The highest BCUT2D eigenvalue weighted by molar-refractivity contribution is 9.10. The first kappa shape index (κ1) is 12.3. The Bertz CT molecular complexity index is 800. The number of imidazole rings is 1. The first-order valence-electron chi connectivity index (χ1n) is 5.70. The Labute approximate surface area is 116 Å². The number of H-pyrrole nitrogens is 2. The number of aryl methyl sites for hydroxylation is 1. The van der Waals surface area contributed by atoms with Crippen LogP contribution in [-0.4, -0.2) is 15.1 Å². The van der Waals surface area contributed by atoms with Crippen LogP contribution < -0.4 is 5.69 Å². The zero-order valence-corrected chi connectivity index (χ0v) is 11.6. The van der Waals surface area contributed by atoms with E-state index in [1.54, 1.807) is 31.4 Å². The second-order valence-corrected chi connectivity index (χ2v) is 5.19. The molecule has 1 aromatic carbocycles. The molecule has 0 bridgehead atoms. The van der Waals surface area contributed by atoms with Crippen LogP contribution >= 0.6 is 15.9 Å². The second kappa shape index (κ2) is 4.40. The molecule has 3 aromatic rings. The minimum atomic E-state index is -0.809. The second-order valence-electron chi connectivity index (χ2n) is 4.33.